The summed E-state index contributed by atoms with van der Waals surface area (Å²) in [5, 5.41) is 1.28. The number of hydrogen-bond acceptors (Lipinski definition) is 7. The third kappa shape index (κ3) is 3.08. The topological polar surface area (TPSA) is 57.0 Å². The number of oxazole rings is 1. The fourth-order valence-electron chi connectivity index (χ4n) is 2.64. The van der Waals surface area contributed by atoms with E-state index in [1.807, 2.05) is 24.3 Å². The van der Waals surface area contributed by atoms with Crippen molar-refractivity contribution in [3.8, 4) is 0 Å². The van der Waals surface area contributed by atoms with E-state index in [1.54, 1.807) is 0 Å². The molecule has 8 heteroatoms. The second-order valence-corrected chi connectivity index (χ2v) is 9.33. The van der Waals surface area contributed by atoms with E-state index in [2.05, 4.69) is 9.88 Å². The first kappa shape index (κ1) is 14.7. The number of benzene rings is 1. The van der Waals surface area contributed by atoms with Crippen molar-refractivity contribution in [1.82, 2.24) is 9.88 Å². The van der Waals surface area contributed by atoms with Crippen molar-refractivity contribution in [3.63, 3.8) is 0 Å². The van der Waals surface area contributed by atoms with Crippen LogP contribution < -0.4 is 0 Å². The average Bonchev–Trinajstić information content (AvgIpc) is 2.88. The second-order valence-electron chi connectivity index (χ2n) is 5.31. The van der Waals surface area contributed by atoms with Gasteiger partial charge in [0.15, 0.2) is 5.58 Å². The van der Waals surface area contributed by atoms with Crippen LogP contribution in [-0.2, 0) is 13.3 Å². The Labute approximate surface area is 134 Å². The highest BCUT2D eigenvalue weighted by atomic mass is 32.2. The molecule has 3 fully saturated rings. The predicted molar refractivity (Wildman–Crippen MR) is 84.8 cm³/mol. The van der Waals surface area contributed by atoms with Gasteiger partial charge in [0.1, 0.15) is 5.52 Å². The van der Waals surface area contributed by atoms with E-state index >= 15 is 0 Å². The van der Waals surface area contributed by atoms with Crippen LogP contribution >= 0.6 is 11.8 Å². The predicted octanol–water partition coefficient (Wildman–Crippen LogP) is 1.78. The van der Waals surface area contributed by atoms with Crippen LogP contribution in [0.25, 0.3) is 11.1 Å². The maximum absolute atomic E-state index is 6.00. The Morgan fingerprint density at radius 2 is 1.73 bits per heavy atom. The fraction of sp³-hybridized carbons (Fsp3) is 0.500. The zero-order valence-corrected chi connectivity index (χ0v) is 14.0. The van der Waals surface area contributed by atoms with Crippen molar-refractivity contribution < 1.29 is 17.7 Å². The molecule has 3 saturated heterocycles. The Bertz CT molecular complexity index is 593. The smallest absolute Gasteiger partial charge is 0.431 e. The molecule has 3 aliphatic rings. The van der Waals surface area contributed by atoms with E-state index in [4.69, 9.17) is 17.7 Å². The van der Waals surface area contributed by atoms with Crippen LogP contribution in [0, 0.1) is 0 Å². The minimum Gasteiger partial charge on any atom is -0.431 e. The minimum absolute atomic E-state index is 0.639. The summed E-state index contributed by atoms with van der Waals surface area (Å²) in [6.45, 7) is 4.86. The van der Waals surface area contributed by atoms with E-state index in [9.17, 15) is 0 Å². The zero-order valence-electron chi connectivity index (χ0n) is 12.2. The van der Waals surface area contributed by atoms with E-state index in [0.717, 1.165) is 30.7 Å². The molecule has 5 rings (SSSR count). The lowest BCUT2D eigenvalue weighted by molar-refractivity contribution is -0.00446. The number of para-hydroxylation sites is 2. The number of rotatable bonds is 3. The summed E-state index contributed by atoms with van der Waals surface area (Å²) in [4.78, 5) is 6.79. The first-order valence-electron chi connectivity index (χ1n) is 7.46. The van der Waals surface area contributed by atoms with Crippen LogP contribution in [0.15, 0.2) is 33.9 Å². The number of thioether (sulfide) groups is 1. The molecule has 2 aromatic rings. The van der Waals surface area contributed by atoms with Gasteiger partial charge in [-0.05, 0) is 12.1 Å². The third-order valence-corrected chi connectivity index (χ3v) is 8.18. The Hall–Kier alpha value is -0.903. The SMILES string of the molecule is c1ccc2oc(SC[Si]34OCCN(CCO3)CCO4)nc2c1. The van der Waals surface area contributed by atoms with Gasteiger partial charge in [0.05, 0.1) is 25.2 Å². The zero-order chi connectivity index (χ0) is 14.8. The van der Waals surface area contributed by atoms with Crippen molar-refractivity contribution >= 4 is 31.7 Å². The Morgan fingerprint density at radius 3 is 2.41 bits per heavy atom. The lowest BCUT2D eigenvalue weighted by Gasteiger charge is -2.37. The summed E-state index contributed by atoms with van der Waals surface area (Å²) in [5.74, 6) is 0. The normalized spacial score (nSPS) is 29.2. The van der Waals surface area contributed by atoms with E-state index in [1.165, 1.54) is 11.8 Å². The highest BCUT2D eigenvalue weighted by Gasteiger charge is 2.44. The molecular weight excluding hydrogens is 320 g/mol. The lowest BCUT2D eigenvalue weighted by atomic mass is 10.3. The molecule has 3 aliphatic heterocycles. The highest BCUT2D eigenvalue weighted by molar-refractivity contribution is 8.00. The molecule has 118 valence electrons. The number of hydrogen-bond donors (Lipinski definition) is 0. The number of aromatic nitrogens is 1. The summed E-state index contributed by atoms with van der Waals surface area (Å²) in [5.41, 5.74) is 1.68. The van der Waals surface area contributed by atoms with E-state index < -0.39 is 8.80 Å². The van der Waals surface area contributed by atoms with Gasteiger partial charge < -0.3 is 17.7 Å². The van der Waals surface area contributed by atoms with Crippen LogP contribution in [0.2, 0.25) is 0 Å². The van der Waals surface area contributed by atoms with Gasteiger partial charge in [-0.15, -0.1) is 0 Å². The first-order valence-corrected chi connectivity index (χ1v) is 10.4. The van der Waals surface area contributed by atoms with Gasteiger partial charge in [0, 0.05) is 19.6 Å². The molecule has 0 radical (unpaired) electrons. The lowest BCUT2D eigenvalue weighted by Crippen LogP contribution is -2.57. The summed E-state index contributed by atoms with van der Waals surface area (Å²) in [6, 6.07) is 7.77. The van der Waals surface area contributed by atoms with E-state index in [-0.39, 0.29) is 0 Å². The molecule has 2 bridgehead atoms. The van der Waals surface area contributed by atoms with Crippen LogP contribution in [0.4, 0.5) is 0 Å². The molecule has 0 N–H and O–H groups in total. The number of nitrogens with zero attached hydrogens (tertiary/aromatic N) is 2. The monoisotopic (exact) mass is 338 g/mol. The quantitative estimate of drug-likeness (QED) is 0.624. The molecule has 0 saturated carbocycles. The van der Waals surface area contributed by atoms with Crippen LogP contribution in [0.3, 0.4) is 0 Å². The second kappa shape index (κ2) is 6.30. The largest absolute Gasteiger partial charge is 0.512 e. The van der Waals surface area contributed by atoms with Gasteiger partial charge >= 0.3 is 8.80 Å². The molecule has 1 aromatic heterocycles. The average molecular weight is 338 g/mol. The minimum atomic E-state index is -2.62. The summed E-state index contributed by atoms with van der Waals surface area (Å²) < 4.78 is 23.7. The Kier molecular flexibility index (Phi) is 4.20. The maximum Gasteiger partial charge on any atom is 0.512 e. The summed E-state index contributed by atoms with van der Waals surface area (Å²) >= 11 is 1.52. The fourth-order valence-corrected chi connectivity index (χ4v) is 6.61. The standard InChI is InChI=1S/C14H18N2O4SSi/c1-2-4-13-12(3-1)15-14(20-13)21-11-22-17-8-5-16(6-9-18-22)7-10-19-22/h1-4H,5-11H2. The van der Waals surface area contributed by atoms with Gasteiger partial charge in [-0.3, -0.25) is 4.90 Å². The molecule has 1 aromatic carbocycles. The molecule has 4 heterocycles. The Balaban J connectivity index is 1.48. The molecule has 22 heavy (non-hydrogen) atoms. The molecule has 6 nitrogen and oxygen atoms in total. The van der Waals surface area contributed by atoms with Gasteiger partial charge in [-0.2, -0.15) is 0 Å². The summed E-state index contributed by atoms with van der Waals surface area (Å²) in [7, 11) is -2.62. The third-order valence-electron chi connectivity index (χ3n) is 3.84. The van der Waals surface area contributed by atoms with Gasteiger partial charge in [0.2, 0.25) is 0 Å². The first-order chi connectivity index (χ1) is 10.8. The van der Waals surface area contributed by atoms with Gasteiger partial charge in [0.25, 0.3) is 5.22 Å². The van der Waals surface area contributed by atoms with Crippen LogP contribution in [-0.4, -0.2) is 63.5 Å². The molecule has 0 aliphatic carbocycles. The summed E-state index contributed by atoms with van der Waals surface area (Å²) in [6.07, 6.45) is 0. The molecule has 0 unspecified atom stereocenters. The molecule has 0 amide bonds. The molecule has 0 spiro atoms. The van der Waals surface area contributed by atoms with Crippen LogP contribution in [0.1, 0.15) is 0 Å². The van der Waals surface area contributed by atoms with Gasteiger partial charge in [-0.1, -0.05) is 23.9 Å². The van der Waals surface area contributed by atoms with E-state index in [0.29, 0.717) is 30.4 Å². The molecular formula is C14H18N2O4SSi. The van der Waals surface area contributed by atoms with Crippen molar-refractivity contribution in [3.05, 3.63) is 24.3 Å². The number of fused-ring (bicyclic) bond motifs is 7. The van der Waals surface area contributed by atoms with Crippen molar-refractivity contribution in [1.29, 1.82) is 0 Å². The van der Waals surface area contributed by atoms with Crippen molar-refractivity contribution in [2.75, 3.05) is 44.8 Å². The van der Waals surface area contributed by atoms with Gasteiger partial charge in [-0.25, -0.2) is 4.98 Å². The highest BCUT2D eigenvalue weighted by Crippen LogP contribution is 2.28. The Morgan fingerprint density at radius 1 is 1.05 bits per heavy atom. The van der Waals surface area contributed by atoms with Crippen molar-refractivity contribution in [2.45, 2.75) is 5.22 Å². The molecule has 0 atom stereocenters. The maximum atomic E-state index is 6.00. The van der Waals surface area contributed by atoms with Crippen molar-refractivity contribution in [2.24, 2.45) is 0 Å². The van der Waals surface area contributed by atoms with Crippen LogP contribution in [0.5, 0.6) is 0 Å².